The van der Waals surface area contributed by atoms with E-state index in [1.165, 1.54) is 4.88 Å². The van der Waals surface area contributed by atoms with Crippen LogP contribution in [-0.2, 0) is 13.0 Å². The van der Waals surface area contributed by atoms with Crippen LogP contribution >= 0.6 is 38.9 Å². The number of amides is 1. The molecule has 0 spiro atoms. The number of rotatable bonds is 5. The van der Waals surface area contributed by atoms with Gasteiger partial charge in [-0.15, -0.1) is 11.3 Å². The lowest BCUT2D eigenvalue weighted by atomic mass is 10.1. The molecule has 1 heterocycles. The van der Waals surface area contributed by atoms with Crippen molar-refractivity contribution in [1.29, 1.82) is 0 Å². The highest BCUT2D eigenvalue weighted by molar-refractivity contribution is 9.10. The molecule has 1 aromatic heterocycles. The number of thiazole rings is 1. The first-order valence-corrected chi connectivity index (χ1v) is 10.9. The third kappa shape index (κ3) is 4.24. The Balaban J connectivity index is 2.10. The van der Waals surface area contributed by atoms with Crippen molar-refractivity contribution >= 4 is 44.8 Å². The van der Waals surface area contributed by atoms with Gasteiger partial charge in [0.15, 0.2) is 4.80 Å². The lowest BCUT2D eigenvalue weighted by Crippen LogP contribution is -2.17. The van der Waals surface area contributed by atoms with E-state index in [0.29, 0.717) is 27.7 Å². The van der Waals surface area contributed by atoms with Gasteiger partial charge in [0.05, 0.1) is 17.3 Å². The minimum Gasteiger partial charge on any atom is -0.496 e. The molecule has 0 atom stereocenters. The van der Waals surface area contributed by atoms with Crippen LogP contribution in [0.4, 0.5) is 0 Å². The zero-order valence-corrected chi connectivity index (χ0v) is 19.0. The van der Waals surface area contributed by atoms with Crippen molar-refractivity contribution in [3.63, 3.8) is 0 Å². The van der Waals surface area contributed by atoms with E-state index in [0.717, 1.165) is 22.2 Å². The van der Waals surface area contributed by atoms with Crippen molar-refractivity contribution < 1.29 is 9.53 Å². The van der Waals surface area contributed by atoms with E-state index in [1.54, 1.807) is 36.6 Å². The highest BCUT2D eigenvalue weighted by atomic mass is 79.9. The van der Waals surface area contributed by atoms with Crippen LogP contribution in [0.15, 0.2) is 51.9 Å². The fourth-order valence-corrected chi connectivity index (χ4v) is 4.77. The van der Waals surface area contributed by atoms with E-state index in [2.05, 4.69) is 39.3 Å². The van der Waals surface area contributed by atoms with Crippen LogP contribution in [0.5, 0.6) is 5.75 Å². The summed E-state index contributed by atoms with van der Waals surface area (Å²) in [5.74, 6) is 0.395. The molecule has 0 N–H and O–H groups in total. The van der Waals surface area contributed by atoms with Crippen molar-refractivity contribution in [2.24, 2.45) is 4.99 Å². The van der Waals surface area contributed by atoms with Gasteiger partial charge in [0.25, 0.3) is 5.91 Å². The summed E-state index contributed by atoms with van der Waals surface area (Å²) in [4.78, 5) is 19.1. The molecule has 0 saturated carbocycles. The third-order valence-electron chi connectivity index (χ3n) is 4.33. The number of hydrogen-bond acceptors (Lipinski definition) is 3. The normalized spacial score (nSPS) is 11.7. The van der Waals surface area contributed by atoms with Crippen molar-refractivity contribution in [3.8, 4) is 17.0 Å². The van der Waals surface area contributed by atoms with Gasteiger partial charge < -0.3 is 9.30 Å². The van der Waals surface area contributed by atoms with E-state index >= 15 is 0 Å². The van der Waals surface area contributed by atoms with E-state index in [1.807, 2.05) is 24.3 Å². The van der Waals surface area contributed by atoms with E-state index < -0.39 is 0 Å². The fourth-order valence-electron chi connectivity index (χ4n) is 2.95. The SMILES string of the molecule is CCc1sc(=NC(=O)c2ccc(OC)c(Br)c2)n(CC)c1-c1ccc(Cl)cc1. The number of nitrogens with zero attached hydrogens (tertiary/aromatic N) is 2. The summed E-state index contributed by atoms with van der Waals surface area (Å²) in [6, 6.07) is 13.0. The van der Waals surface area contributed by atoms with Gasteiger partial charge in [0.1, 0.15) is 5.75 Å². The molecule has 3 aromatic rings. The molecule has 7 heteroatoms. The molecule has 0 unspecified atom stereocenters. The third-order valence-corrected chi connectivity index (χ3v) is 6.42. The number of benzene rings is 2. The average Bonchev–Trinajstić information content (AvgIpc) is 3.05. The summed E-state index contributed by atoms with van der Waals surface area (Å²) < 4.78 is 8.04. The molecule has 0 aliphatic carbocycles. The summed E-state index contributed by atoms with van der Waals surface area (Å²) in [6.45, 7) is 4.88. The zero-order chi connectivity index (χ0) is 20.3. The smallest absolute Gasteiger partial charge is 0.279 e. The van der Waals surface area contributed by atoms with Gasteiger partial charge in [-0.25, -0.2) is 0 Å². The quantitative estimate of drug-likeness (QED) is 0.453. The van der Waals surface area contributed by atoms with Crippen LogP contribution < -0.4 is 9.54 Å². The first kappa shape index (κ1) is 20.8. The van der Waals surface area contributed by atoms with Crippen molar-refractivity contribution in [2.75, 3.05) is 7.11 Å². The first-order valence-electron chi connectivity index (χ1n) is 8.89. The number of carbonyl (C=O) groups is 1. The number of carbonyl (C=O) groups excluding carboxylic acids is 1. The van der Waals surface area contributed by atoms with Gasteiger partial charge in [0.2, 0.25) is 0 Å². The molecule has 0 aliphatic heterocycles. The molecule has 2 aromatic carbocycles. The van der Waals surface area contributed by atoms with E-state index in [9.17, 15) is 4.79 Å². The highest BCUT2D eigenvalue weighted by Crippen LogP contribution is 2.28. The van der Waals surface area contributed by atoms with E-state index in [4.69, 9.17) is 16.3 Å². The predicted octanol–water partition coefficient (Wildman–Crippen LogP) is 5.96. The van der Waals surface area contributed by atoms with Gasteiger partial charge in [-0.2, -0.15) is 4.99 Å². The Morgan fingerprint density at radius 2 is 1.93 bits per heavy atom. The van der Waals surface area contributed by atoms with Crippen molar-refractivity contribution in [2.45, 2.75) is 26.8 Å². The Bertz CT molecular complexity index is 1070. The lowest BCUT2D eigenvalue weighted by Gasteiger charge is -2.08. The Morgan fingerprint density at radius 3 is 2.50 bits per heavy atom. The molecule has 0 saturated heterocycles. The molecule has 0 aliphatic rings. The fraction of sp³-hybridized carbons (Fsp3) is 0.238. The summed E-state index contributed by atoms with van der Waals surface area (Å²) >= 11 is 11.0. The number of halogens is 2. The lowest BCUT2D eigenvalue weighted by molar-refractivity contribution is 0.0997. The molecule has 1 amide bonds. The summed E-state index contributed by atoms with van der Waals surface area (Å²) in [5.41, 5.74) is 2.67. The topological polar surface area (TPSA) is 43.6 Å². The molecule has 146 valence electrons. The average molecular weight is 480 g/mol. The van der Waals surface area contributed by atoms with Gasteiger partial charge in [0, 0.05) is 22.0 Å². The minimum atomic E-state index is -0.280. The molecular weight excluding hydrogens is 460 g/mol. The van der Waals surface area contributed by atoms with Gasteiger partial charge >= 0.3 is 0 Å². The molecule has 0 radical (unpaired) electrons. The first-order chi connectivity index (χ1) is 13.5. The minimum absolute atomic E-state index is 0.280. The summed E-state index contributed by atoms with van der Waals surface area (Å²) in [6.07, 6.45) is 0.862. The van der Waals surface area contributed by atoms with Crippen molar-refractivity contribution in [1.82, 2.24) is 4.57 Å². The van der Waals surface area contributed by atoms with Crippen LogP contribution in [0.3, 0.4) is 0 Å². The maximum absolute atomic E-state index is 12.8. The second-order valence-corrected chi connectivity index (χ2v) is 8.38. The van der Waals surface area contributed by atoms with Crippen LogP contribution in [0.25, 0.3) is 11.3 Å². The van der Waals surface area contributed by atoms with E-state index in [-0.39, 0.29) is 5.91 Å². The standard InChI is InChI=1S/C21H20BrClN2O2S/c1-4-18-19(13-6-9-15(23)10-7-13)25(5-2)21(28-18)24-20(26)14-8-11-17(27-3)16(22)12-14/h6-12H,4-5H2,1-3H3. The van der Waals surface area contributed by atoms with Crippen molar-refractivity contribution in [3.05, 3.63) is 67.2 Å². The van der Waals surface area contributed by atoms with Crippen LogP contribution in [0, 0.1) is 0 Å². The number of ether oxygens (including phenoxy) is 1. The maximum atomic E-state index is 12.8. The van der Waals surface area contributed by atoms with Gasteiger partial charge in [-0.05, 0) is 65.2 Å². The number of aryl methyl sites for hydroxylation is 1. The van der Waals surface area contributed by atoms with Crippen LogP contribution in [0.2, 0.25) is 5.02 Å². The Labute approximate surface area is 181 Å². The van der Waals surface area contributed by atoms with Crippen LogP contribution in [0.1, 0.15) is 29.1 Å². The molecule has 0 fully saturated rings. The molecule has 28 heavy (non-hydrogen) atoms. The monoisotopic (exact) mass is 478 g/mol. The number of methoxy groups -OCH3 is 1. The van der Waals surface area contributed by atoms with Crippen LogP contribution in [-0.4, -0.2) is 17.6 Å². The van der Waals surface area contributed by atoms with Gasteiger partial charge in [-0.1, -0.05) is 30.7 Å². The summed E-state index contributed by atoms with van der Waals surface area (Å²) in [7, 11) is 1.59. The molecule has 0 bridgehead atoms. The number of aromatic nitrogens is 1. The largest absolute Gasteiger partial charge is 0.496 e. The highest BCUT2D eigenvalue weighted by Gasteiger charge is 2.15. The number of hydrogen-bond donors (Lipinski definition) is 0. The zero-order valence-electron chi connectivity index (χ0n) is 15.8. The summed E-state index contributed by atoms with van der Waals surface area (Å²) in [5, 5.41) is 0.699. The van der Waals surface area contributed by atoms with Gasteiger partial charge in [-0.3, -0.25) is 4.79 Å². The Morgan fingerprint density at radius 1 is 1.21 bits per heavy atom. The molecule has 3 rings (SSSR count). The maximum Gasteiger partial charge on any atom is 0.279 e. The molecular formula is C21H20BrClN2O2S. The Hall–Kier alpha value is -1.89. The Kier molecular flexibility index (Phi) is 6.75. The molecule has 4 nitrogen and oxygen atoms in total. The second kappa shape index (κ2) is 9.07. The predicted molar refractivity (Wildman–Crippen MR) is 118 cm³/mol. The second-order valence-electron chi connectivity index (χ2n) is 6.03.